The highest BCUT2D eigenvalue weighted by Gasteiger charge is 2.31. The molecule has 0 spiro atoms. The molecule has 1 N–H and O–H groups in total. The van der Waals surface area contributed by atoms with Gasteiger partial charge in [-0.05, 0) is 61.6 Å². The molecule has 5 heterocycles. The molecule has 36 heavy (non-hydrogen) atoms. The van der Waals surface area contributed by atoms with Gasteiger partial charge in [-0.1, -0.05) is 0 Å². The summed E-state index contributed by atoms with van der Waals surface area (Å²) in [6.45, 7) is 5.17. The van der Waals surface area contributed by atoms with Gasteiger partial charge in [0.05, 0.1) is 20.5 Å². The number of ether oxygens (including phenoxy) is 3. The molecule has 2 aliphatic heterocycles. The maximum Gasteiger partial charge on any atom is 0.228 e. The highest BCUT2D eigenvalue weighted by molar-refractivity contribution is 5.58. The van der Waals surface area contributed by atoms with E-state index >= 15 is 0 Å². The molecule has 10 nitrogen and oxygen atoms in total. The molecule has 1 aromatic carbocycles. The second-order valence-corrected chi connectivity index (χ2v) is 9.50. The molecule has 0 amide bonds. The van der Waals surface area contributed by atoms with Crippen LogP contribution in [-0.2, 0) is 24.2 Å². The minimum absolute atomic E-state index is 0.477. The lowest BCUT2D eigenvalue weighted by Gasteiger charge is -2.29. The Hall–Kier alpha value is -3.63. The summed E-state index contributed by atoms with van der Waals surface area (Å²) < 4.78 is 24.3. The van der Waals surface area contributed by atoms with Gasteiger partial charge in [-0.2, -0.15) is 4.52 Å². The Morgan fingerprint density at radius 2 is 2.00 bits per heavy atom. The first-order chi connectivity index (χ1) is 17.5. The van der Waals surface area contributed by atoms with Crippen LogP contribution in [0.2, 0.25) is 0 Å². The van der Waals surface area contributed by atoms with Gasteiger partial charge in [-0.15, -0.1) is 5.10 Å². The largest absolute Gasteiger partial charge is 0.493 e. The summed E-state index contributed by atoms with van der Waals surface area (Å²) in [6.07, 6.45) is 6.35. The van der Waals surface area contributed by atoms with Crippen molar-refractivity contribution in [2.24, 2.45) is 0 Å². The van der Waals surface area contributed by atoms with E-state index in [1.165, 1.54) is 11.1 Å². The fourth-order valence-electron chi connectivity index (χ4n) is 5.06. The fourth-order valence-corrected chi connectivity index (χ4v) is 5.06. The van der Waals surface area contributed by atoms with Gasteiger partial charge in [0.1, 0.15) is 5.72 Å². The Morgan fingerprint density at radius 1 is 1.17 bits per heavy atom. The van der Waals surface area contributed by atoms with Crippen molar-refractivity contribution in [1.29, 1.82) is 0 Å². The number of rotatable bonds is 7. The first kappa shape index (κ1) is 22.8. The number of aromatic nitrogens is 4. The van der Waals surface area contributed by atoms with E-state index in [9.17, 15) is 0 Å². The smallest absolute Gasteiger partial charge is 0.228 e. The van der Waals surface area contributed by atoms with Crippen molar-refractivity contribution < 1.29 is 18.6 Å². The predicted molar refractivity (Wildman–Crippen MR) is 133 cm³/mol. The second-order valence-electron chi connectivity index (χ2n) is 9.50. The van der Waals surface area contributed by atoms with Gasteiger partial charge in [-0.3, -0.25) is 4.90 Å². The summed E-state index contributed by atoms with van der Waals surface area (Å²) in [7, 11) is 3.34. The highest BCUT2D eigenvalue weighted by atomic mass is 16.5. The Bertz CT molecular complexity index is 1380. The van der Waals surface area contributed by atoms with E-state index in [2.05, 4.69) is 22.3 Å². The number of nitrogens with one attached hydrogen (secondary N) is 1. The van der Waals surface area contributed by atoms with Crippen LogP contribution in [0.3, 0.4) is 0 Å². The molecular formula is C26H30N6O4. The van der Waals surface area contributed by atoms with E-state index in [0.29, 0.717) is 24.1 Å². The number of fused-ring (bicyclic) bond motifs is 2. The molecule has 0 bridgehead atoms. The Labute approximate surface area is 209 Å². The average Bonchev–Trinajstić information content (AvgIpc) is 3.65. The zero-order valence-electron chi connectivity index (χ0n) is 20.8. The first-order valence-corrected chi connectivity index (χ1v) is 12.2. The molecule has 1 unspecified atom stereocenters. The van der Waals surface area contributed by atoms with E-state index in [1.807, 2.05) is 25.3 Å². The summed E-state index contributed by atoms with van der Waals surface area (Å²) in [5.41, 5.74) is 3.80. The molecule has 10 heteroatoms. The molecule has 3 aromatic heterocycles. The van der Waals surface area contributed by atoms with E-state index in [1.54, 1.807) is 25.0 Å². The predicted octanol–water partition coefficient (Wildman–Crippen LogP) is 3.90. The van der Waals surface area contributed by atoms with E-state index in [4.69, 9.17) is 33.7 Å². The van der Waals surface area contributed by atoms with Crippen molar-refractivity contribution in [3.63, 3.8) is 0 Å². The number of anilines is 1. The van der Waals surface area contributed by atoms with Gasteiger partial charge in [0.25, 0.3) is 0 Å². The van der Waals surface area contributed by atoms with Gasteiger partial charge >= 0.3 is 0 Å². The van der Waals surface area contributed by atoms with Gasteiger partial charge in [-0.25, -0.2) is 9.97 Å². The molecule has 0 radical (unpaired) electrons. The van der Waals surface area contributed by atoms with Crippen LogP contribution in [0.25, 0.3) is 17.2 Å². The minimum Gasteiger partial charge on any atom is -0.493 e. The zero-order valence-corrected chi connectivity index (χ0v) is 20.8. The third kappa shape index (κ3) is 4.16. The average molecular weight is 491 g/mol. The molecule has 0 saturated carbocycles. The fraction of sp³-hybridized carbons (Fsp3) is 0.423. The molecular weight excluding hydrogens is 460 g/mol. The summed E-state index contributed by atoms with van der Waals surface area (Å²) in [4.78, 5) is 12.0. The molecule has 0 aliphatic carbocycles. The van der Waals surface area contributed by atoms with Crippen LogP contribution in [0.5, 0.6) is 11.5 Å². The minimum atomic E-state index is -0.477. The summed E-state index contributed by atoms with van der Waals surface area (Å²) in [5.74, 6) is 3.26. The zero-order chi connectivity index (χ0) is 24.7. The van der Waals surface area contributed by atoms with Crippen molar-refractivity contribution in [3.05, 3.63) is 53.4 Å². The highest BCUT2D eigenvalue weighted by Crippen LogP contribution is 2.34. The van der Waals surface area contributed by atoms with Crippen LogP contribution in [0.1, 0.15) is 36.5 Å². The molecule has 2 aliphatic rings. The van der Waals surface area contributed by atoms with Crippen LogP contribution >= 0.6 is 0 Å². The van der Waals surface area contributed by atoms with Gasteiger partial charge in [0, 0.05) is 38.0 Å². The van der Waals surface area contributed by atoms with Crippen LogP contribution in [-0.4, -0.2) is 57.6 Å². The summed E-state index contributed by atoms with van der Waals surface area (Å²) in [5, 5.41) is 8.19. The number of methoxy groups -OCH3 is 2. The normalized spacial score (nSPS) is 20.0. The first-order valence-electron chi connectivity index (χ1n) is 12.2. The van der Waals surface area contributed by atoms with Crippen LogP contribution in [0, 0.1) is 0 Å². The van der Waals surface area contributed by atoms with Crippen LogP contribution in [0.4, 0.5) is 5.95 Å². The summed E-state index contributed by atoms with van der Waals surface area (Å²) in [6, 6.07) is 7.86. The van der Waals surface area contributed by atoms with Gasteiger partial charge < -0.3 is 23.9 Å². The number of nitrogens with zero attached hydrogens (tertiary/aromatic N) is 5. The summed E-state index contributed by atoms with van der Waals surface area (Å²) >= 11 is 0. The van der Waals surface area contributed by atoms with Crippen LogP contribution < -0.4 is 14.8 Å². The standard InChI is InChI=1S/C26H30N6O4/c1-26(8-5-11-36-26)29-25-27-14-19(24-28-23(30-32(24)25)20-6-4-10-35-20)16-31-9-7-17-12-21(33-2)22(34-3)13-18(17)15-31/h4,6,10,12-14H,5,7-9,11,15-16H2,1-3H3,(H,27,29). The van der Waals surface area contributed by atoms with Crippen LogP contribution in [0.15, 0.2) is 41.1 Å². The lowest BCUT2D eigenvalue weighted by molar-refractivity contribution is 0.0437. The molecule has 1 atom stereocenters. The Kier molecular flexibility index (Phi) is 5.77. The molecule has 6 rings (SSSR count). The third-order valence-corrected chi connectivity index (χ3v) is 6.97. The topological polar surface area (TPSA) is 99.2 Å². The van der Waals surface area contributed by atoms with Gasteiger partial charge in [0.2, 0.25) is 11.8 Å². The molecule has 4 aromatic rings. The Balaban J connectivity index is 1.32. The van der Waals surface area contributed by atoms with Crippen molar-refractivity contribution in [3.8, 4) is 23.1 Å². The Morgan fingerprint density at radius 3 is 2.72 bits per heavy atom. The van der Waals surface area contributed by atoms with Crippen molar-refractivity contribution in [2.75, 3.05) is 32.7 Å². The SMILES string of the molecule is COc1cc2c(cc1OC)CN(Cc1cnc(NC3(C)CCCO3)n3nc(-c4ccco4)nc13)CC2. The van der Waals surface area contributed by atoms with Crippen molar-refractivity contribution in [2.45, 2.75) is 45.0 Å². The molecule has 1 fully saturated rings. The van der Waals surface area contributed by atoms with Gasteiger partial charge in [0.15, 0.2) is 22.9 Å². The monoisotopic (exact) mass is 490 g/mol. The number of furan rings is 1. The second kappa shape index (κ2) is 9.11. The van der Waals surface area contributed by atoms with Crippen molar-refractivity contribution in [1.82, 2.24) is 24.5 Å². The number of hydrogen-bond acceptors (Lipinski definition) is 9. The maximum atomic E-state index is 5.93. The van der Waals surface area contributed by atoms with E-state index < -0.39 is 5.72 Å². The van der Waals surface area contributed by atoms with E-state index in [0.717, 1.165) is 61.7 Å². The molecule has 1 saturated heterocycles. The lowest BCUT2D eigenvalue weighted by atomic mass is 9.98. The van der Waals surface area contributed by atoms with Crippen molar-refractivity contribution >= 4 is 11.6 Å². The van der Waals surface area contributed by atoms with E-state index in [-0.39, 0.29) is 0 Å². The lowest BCUT2D eigenvalue weighted by Crippen LogP contribution is -2.35. The molecule has 188 valence electrons. The maximum absolute atomic E-state index is 5.93. The third-order valence-electron chi connectivity index (χ3n) is 6.97. The number of benzene rings is 1. The number of hydrogen-bond donors (Lipinski definition) is 1. The quantitative estimate of drug-likeness (QED) is 0.413.